The van der Waals surface area contributed by atoms with Crippen LogP contribution >= 0.6 is 24.0 Å². The molecule has 4 nitrogen and oxygen atoms in total. The van der Waals surface area contributed by atoms with Gasteiger partial charge >= 0.3 is 0 Å². The first-order valence-electron chi connectivity index (χ1n) is 7.27. The largest absolute Gasteiger partial charge is 0.385 e. The number of nitrogens with one attached hydrogen (secondary N) is 2. The first-order chi connectivity index (χ1) is 8.76. The first kappa shape index (κ1) is 19.0. The fourth-order valence-corrected chi connectivity index (χ4v) is 2.69. The third-order valence-corrected chi connectivity index (χ3v) is 3.76. The zero-order valence-corrected chi connectivity index (χ0v) is 15.0. The predicted molar refractivity (Wildman–Crippen MR) is 92.5 cm³/mol. The minimum atomic E-state index is 0. The van der Waals surface area contributed by atoms with Gasteiger partial charge in [-0.15, -0.1) is 24.0 Å². The molecule has 0 aliphatic heterocycles. The van der Waals surface area contributed by atoms with Gasteiger partial charge in [-0.05, 0) is 38.5 Å². The van der Waals surface area contributed by atoms with Crippen molar-refractivity contribution >= 4 is 29.9 Å². The zero-order chi connectivity index (χ0) is 13.3. The van der Waals surface area contributed by atoms with Crippen molar-refractivity contribution in [1.29, 1.82) is 0 Å². The second-order valence-electron chi connectivity index (χ2n) is 5.18. The molecule has 0 unspecified atom stereocenters. The second-order valence-corrected chi connectivity index (χ2v) is 5.18. The SMILES string of the molecule is CCNC(=NCC1(CCOC)CCCC1)NCC.I. The van der Waals surface area contributed by atoms with Crippen LogP contribution in [0.2, 0.25) is 0 Å². The van der Waals surface area contributed by atoms with Gasteiger partial charge in [-0.3, -0.25) is 4.99 Å². The molecule has 1 fully saturated rings. The molecule has 0 heterocycles. The van der Waals surface area contributed by atoms with Crippen LogP contribution in [0.5, 0.6) is 0 Å². The third-order valence-electron chi connectivity index (χ3n) is 3.76. The molecule has 5 heteroatoms. The molecule has 0 aromatic carbocycles. The lowest BCUT2D eigenvalue weighted by Crippen LogP contribution is -2.38. The highest BCUT2D eigenvalue weighted by molar-refractivity contribution is 14.0. The highest BCUT2D eigenvalue weighted by Gasteiger charge is 2.33. The van der Waals surface area contributed by atoms with Crippen LogP contribution in [0.25, 0.3) is 0 Å². The highest BCUT2D eigenvalue weighted by Crippen LogP contribution is 2.41. The number of ether oxygens (including phenoxy) is 1. The van der Waals surface area contributed by atoms with Gasteiger partial charge in [-0.25, -0.2) is 0 Å². The van der Waals surface area contributed by atoms with Crippen LogP contribution in [0, 0.1) is 5.41 Å². The number of hydrogen-bond acceptors (Lipinski definition) is 2. The van der Waals surface area contributed by atoms with Crippen LogP contribution < -0.4 is 10.6 Å². The van der Waals surface area contributed by atoms with Crippen molar-refractivity contribution in [3.05, 3.63) is 0 Å². The summed E-state index contributed by atoms with van der Waals surface area (Å²) in [4.78, 5) is 4.75. The van der Waals surface area contributed by atoms with E-state index < -0.39 is 0 Å². The minimum absolute atomic E-state index is 0. The van der Waals surface area contributed by atoms with Gasteiger partial charge in [-0.1, -0.05) is 12.8 Å². The Labute approximate surface area is 135 Å². The number of guanidine groups is 1. The summed E-state index contributed by atoms with van der Waals surface area (Å²) in [6.45, 7) is 7.80. The molecule has 0 saturated heterocycles. The molecule has 0 aromatic rings. The van der Waals surface area contributed by atoms with Gasteiger partial charge in [0, 0.05) is 33.4 Å². The minimum Gasteiger partial charge on any atom is -0.385 e. The van der Waals surface area contributed by atoms with Gasteiger partial charge in [-0.2, -0.15) is 0 Å². The summed E-state index contributed by atoms with van der Waals surface area (Å²) >= 11 is 0. The smallest absolute Gasteiger partial charge is 0.191 e. The van der Waals surface area contributed by atoms with Crippen molar-refractivity contribution in [1.82, 2.24) is 10.6 Å². The lowest BCUT2D eigenvalue weighted by molar-refractivity contribution is 0.141. The highest BCUT2D eigenvalue weighted by atomic mass is 127. The predicted octanol–water partition coefficient (Wildman–Crippen LogP) is 2.78. The summed E-state index contributed by atoms with van der Waals surface area (Å²) in [5.74, 6) is 0.948. The fraction of sp³-hybridized carbons (Fsp3) is 0.929. The molecule has 1 rings (SSSR count). The van der Waals surface area contributed by atoms with E-state index in [1.54, 1.807) is 7.11 Å². The molecule has 114 valence electrons. The lowest BCUT2D eigenvalue weighted by atomic mass is 9.83. The maximum absolute atomic E-state index is 5.25. The summed E-state index contributed by atoms with van der Waals surface area (Å²) in [5, 5.41) is 6.58. The number of rotatable bonds is 7. The maximum Gasteiger partial charge on any atom is 0.191 e. The van der Waals surface area contributed by atoms with Crippen molar-refractivity contribution in [2.75, 3.05) is 33.4 Å². The van der Waals surface area contributed by atoms with Gasteiger partial charge < -0.3 is 15.4 Å². The molecule has 1 aliphatic rings. The van der Waals surface area contributed by atoms with Gasteiger partial charge in [0.05, 0.1) is 0 Å². The van der Waals surface area contributed by atoms with E-state index in [1.807, 2.05) is 0 Å². The number of nitrogens with zero attached hydrogens (tertiary/aromatic N) is 1. The van der Waals surface area contributed by atoms with Gasteiger partial charge in [0.25, 0.3) is 0 Å². The van der Waals surface area contributed by atoms with Gasteiger partial charge in [0.2, 0.25) is 0 Å². The second kappa shape index (κ2) is 10.7. The Balaban J connectivity index is 0.00000324. The fourth-order valence-electron chi connectivity index (χ4n) is 2.69. The zero-order valence-electron chi connectivity index (χ0n) is 12.6. The normalized spacial score (nSPS) is 16.6. The van der Waals surface area contributed by atoms with E-state index in [9.17, 15) is 0 Å². The molecular formula is C14H30IN3O. The van der Waals surface area contributed by atoms with E-state index in [0.717, 1.165) is 38.6 Å². The van der Waals surface area contributed by atoms with Gasteiger partial charge in [0.15, 0.2) is 5.96 Å². The van der Waals surface area contributed by atoms with Crippen LogP contribution in [0.1, 0.15) is 46.0 Å². The Kier molecular flexibility index (Phi) is 10.7. The Morgan fingerprint density at radius 2 is 1.74 bits per heavy atom. The van der Waals surface area contributed by atoms with E-state index >= 15 is 0 Å². The maximum atomic E-state index is 5.25. The Bertz CT molecular complexity index is 245. The molecule has 0 atom stereocenters. The van der Waals surface area contributed by atoms with Crippen molar-refractivity contribution < 1.29 is 4.74 Å². The molecule has 19 heavy (non-hydrogen) atoms. The molecule has 0 spiro atoms. The first-order valence-corrected chi connectivity index (χ1v) is 7.27. The molecule has 2 N–H and O–H groups in total. The third kappa shape index (κ3) is 6.79. The summed E-state index contributed by atoms with van der Waals surface area (Å²) in [7, 11) is 1.79. The number of hydrogen-bond donors (Lipinski definition) is 2. The average Bonchev–Trinajstić information content (AvgIpc) is 2.84. The molecule has 0 radical (unpaired) electrons. The van der Waals surface area contributed by atoms with Crippen molar-refractivity contribution in [3.63, 3.8) is 0 Å². The van der Waals surface area contributed by atoms with Crippen LogP contribution in [0.3, 0.4) is 0 Å². The van der Waals surface area contributed by atoms with Crippen LogP contribution in [0.4, 0.5) is 0 Å². The number of aliphatic imine (C=N–C) groups is 1. The van der Waals surface area contributed by atoms with E-state index in [1.165, 1.54) is 25.7 Å². The summed E-state index contributed by atoms with van der Waals surface area (Å²) < 4.78 is 5.25. The summed E-state index contributed by atoms with van der Waals surface area (Å²) in [5.41, 5.74) is 0.381. The van der Waals surface area contributed by atoms with Crippen LogP contribution in [-0.2, 0) is 4.74 Å². The van der Waals surface area contributed by atoms with E-state index in [-0.39, 0.29) is 24.0 Å². The average molecular weight is 383 g/mol. The Morgan fingerprint density at radius 1 is 1.16 bits per heavy atom. The quantitative estimate of drug-likeness (QED) is 0.404. The van der Waals surface area contributed by atoms with E-state index in [4.69, 9.17) is 9.73 Å². The molecule has 0 bridgehead atoms. The van der Waals surface area contributed by atoms with Crippen LogP contribution in [0.15, 0.2) is 4.99 Å². The Hall–Kier alpha value is -0.0400. The molecule has 0 aromatic heterocycles. The van der Waals surface area contributed by atoms with Crippen molar-refractivity contribution in [2.45, 2.75) is 46.0 Å². The van der Waals surface area contributed by atoms with Crippen LogP contribution in [-0.4, -0.2) is 39.3 Å². The van der Waals surface area contributed by atoms with E-state index in [2.05, 4.69) is 24.5 Å². The lowest BCUT2D eigenvalue weighted by Gasteiger charge is -2.27. The molecule has 1 aliphatic carbocycles. The van der Waals surface area contributed by atoms with Crippen molar-refractivity contribution in [3.8, 4) is 0 Å². The summed E-state index contributed by atoms with van der Waals surface area (Å²) in [6, 6.07) is 0. The number of methoxy groups -OCH3 is 1. The summed E-state index contributed by atoms with van der Waals surface area (Å²) in [6.07, 6.45) is 6.42. The Morgan fingerprint density at radius 3 is 2.21 bits per heavy atom. The monoisotopic (exact) mass is 383 g/mol. The molecular weight excluding hydrogens is 353 g/mol. The molecule has 1 saturated carbocycles. The topological polar surface area (TPSA) is 45.7 Å². The van der Waals surface area contributed by atoms with Gasteiger partial charge in [0.1, 0.15) is 0 Å². The van der Waals surface area contributed by atoms with E-state index in [0.29, 0.717) is 5.41 Å². The molecule has 0 amide bonds. The van der Waals surface area contributed by atoms with Crippen molar-refractivity contribution in [2.24, 2.45) is 10.4 Å². The standard InChI is InChI=1S/C14H29N3O.HI/c1-4-15-13(16-5-2)17-12-14(10-11-18-3)8-6-7-9-14;/h4-12H2,1-3H3,(H2,15,16,17);1H. The number of halogens is 1.